The van der Waals surface area contributed by atoms with E-state index < -0.39 is 15.6 Å². The Morgan fingerprint density at radius 2 is 1.93 bits per heavy atom. The maximum absolute atomic E-state index is 10.5. The number of halogens is 2. The van der Waals surface area contributed by atoms with Gasteiger partial charge in [0.2, 0.25) is 0 Å². The summed E-state index contributed by atoms with van der Waals surface area (Å²) < 4.78 is 32.1. The molecule has 0 saturated heterocycles. The Hall–Kier alpha value is 1.62. The molecule has 0 radical (unpaired) electrons. The minimum Gasteiger partial charge on any atom is -0.746 e. The van der Waals surface area contributed by atoms with Crippen LogP contribution in [0.25, 0.3) is 0 Å². The number of hydrogen-bond donors (Lipinski definition) is 1. The molecule has 15 heavy (non-hydrogen) atoms. The molecule has 9 heteroatoms. The maximum Gasteiger partial charge on any atom is 1.00 e. The molecule has 1 atom stereocenters. The second kappa shape index (κ2) is 6.52. The Labute approximate surface area is 146 Å². The molecular formula is C6H4Br2KNO4S. The zero-order valence-electron chi connectivity index (χ0n) is 7.52. The first-order valence-electron chi connectivity index (χ1n) is 3.27. The summed E-state index contributed by atoms with van der Waals surface area (Å²) in [5, 5.41) is 9.15. The van der Waals surface area contributed by atoms with Gasteiger partial charge in [-0.15, -0.1) is 0 Å². The quantitative estimate of drug-likeness (QED) is 0.367. The van der Waals surface area contributed by atoms with Gasteiger partial charge in [0, 0.05) is 4.47 Å². The summed E-state index contributed by atoms with van der Waals surface area (Å²) in [5.74, 6) is 0. The van der Waals surface area contributed by atoms with Crippen molar-refractivity contribution in [2.75, 3.05) is 0 Å². The predicted molar refractivity (Wildman–Crippen MR) is 54.3 cm³/mol. The Morgan fingerprint density at radius 1 is 1.40 bits per heavy atom. The van der Waals surface area contributed by atoms with Crippen molar-refractivity contribution < 1.29 is 69.5 Å². The summed E-state index contributed by atoms with van der Waals surface area (Å²) in [7, 11) is -4.80. The Morgan fingerprint density at radius 3 is 2.40 bits per heavy atom. The monoisotopic (exact) mass is 383 g/mol. The Kier molecular flexibility index (Phi) is 7.23. The van der Waals surface area contributed by atoms with Crippen molar-refractivity contribution >= 4 is 42.0 Å². The van der Waals surface area contributed by atoms with Gasteiger partial charge in [-0.1, -0.05) is 0 Å². The minimum atomic E-state index is -4.80. The molecular weight excluding hydrogens is 381 g/mol. The van der Waals surface area contributed by atoms with Gasteiger partial charge in [0.05, 0.1) is 5.69 Å². The molecule has 0 bridgehead atoms. The summed E-state index contributed by atoms with van der Waals surface area (Å²) in [6, 6.07) is 3.01. The van der Waals surface area contributed by atoms with E-state index in [1.807, 2.05) is 0 Å². The summed E-state index contributed by atoms with van der Waals surface area (Å²) in [5.41, 5.74) is -2.39. The summed E-state index contributed by atoms with van der Waals surface area (Å²) in [6.07, 6.45) is 0. The van der Waals surface area contributed by atoms with Crippen LogP contribution in [0.4, 0.5) is 0 Å². The van der Waals surface area contributed by atoms with Crippen LogP contribution in [-0.2, 0) is 10.1 Å². The Balaban J connectivity index is 0.00000196. The van der Waals surface area contributed by atoms with Crippen molar-refractivity contribution in [3.8, 4) is 0 Å². The molecule has 0 aliphatic carbocycles. The zero-order chi connectivity index (χ0) is 10.9. The van der Waals surface area contributed by atoms with Crippen molar-refractivity contribution in [2.45, 2.75) is 5.44 Å². The smallest absolute Gasteiger partial charge is 0.746 e. The van der Waals surface area contributed by atoms with Crippen LogP contribution in [0.3, 0.4) is 0 Å². The normalized spacial score (nSPS) is 13.1. The van der Waals surface area contributed by atoms with Gasteiger partial charge in [0.25, 0.3) is 0 Å². The van der Waals surface area contributed by atoms with Crippen molar-refractivity contribution in [1.29, 1.82) is 0 Å². The van der Waals surface area contributed by atoms with Gasteiger partial charge < -0.3 is 9.66 Å². The van der Waals surface area contributed by atoms with E-state index in [2.05, 4.69) is 36.8 Å². The number of aliphatic hydroxyl groups excluding tert-OH is 1. The number of nitrogens with zero attached hydrogens (tertiary/aromatic N) is 1. The van der Waals surface area contributed by atoms with E-state index in [9.17, 15) is 13.0 Å². The van der Waals surface area contributed by atoms with E-state index in [0.29, 0.717) is 4.60 Å². The second-order valence-electron chi connectivity index (χ2n) is 2.35. The fourth-order valence-electron chi connectivity index (χ4n) is 0.743. The van der Waals surface area contributed by atoms with Crippen molar-refractivity contribution in [3.63, 3.8) is 0 Å². The maximum atomic E-state index is 10.5. The molecule has 1 aromatic heterocycles. The molecule has 0 aliphatic rings. The third-order valence-electron chi connectivity index (χ3n) is 1.35. The minimum absolute atomic E-state index is 0. The van der Waals surface area contributed by atoms with Crippen LogP contribution in [0.15, 0.2) is 21.2 Å². The molecule has 0 aliphatic heterocycles. The SMILES string of the molecule is O=S(=O)([O-])C(O)c1nc(Br)ccc1Br.[K+]. The van der Waals surface area contributed by atoms with Crippen molar-refractivity contribution in [2.24, 2.45) is 0 Å². The van der Waals surface area contributed by atoms with E-state index >= 15 is 0 Å². The molecule has 5 nitrogen and oxygen atoms in total. The number of aromatic nitrogens is 1. The predicted octanol–water partition coefficient (Wildman–Crippen LogP) is -1.85. The van der Waals surface area contributed by atoms with Crippen LogP contribution in [0.2, 0.25) is 0 Å². The molecule has 0 saturated carbocycles. The van der Waals surface area contributed by atoms with Gasteiger partial charge in [-0.3, -0.25) is 0 Å². The van der Waals surface area contributed by atoms with Gasteiger partial charge in [-0.05, 0) is 44.0 Å². The van der Waals surface area contributed by atoms with Crippen LogP contribution in [0.1, 0.15) is 11.1 Å². The molecule has 1 unspecified atom stereocenters. The summed E-state index contributed by atoms with van der Waals surface area (Å²) >= 11 is 5.97. The summed E-state index contributed by atoms with van der Waals surface area (Å²) in [4.78, 5) is 3.68. The van der Waals surface area contributed by atoms with Gasteiger partial charge in [0.15, 0.2) is 5.44 Å². The first-order valence-corrected chi connectivity index (χ1v) is 6.33. The molecule has 1 heterocycles. The average molecular weight is 385 g/mol. The molecule has 0 spiro atoms. The number of aliphatic hydroxyl groups is 1. The first-order chi connectivity index (χ1) is 6.32. The van der Waals surface area contributed by atoms with E-state index in [1.54, 1.807) is 0 Å². The molecule has 0 amide bonds. The number of hydrogen-bond acceptors (Lipinski definition) is 5. The molecule has 78 valence electrons. The van der Waals surface area contributed by atoms with Gasteiger partial charge in [-0.2, -0.15) is 0 Å². The largest absolute Gasteiger partial charge is 1.00 e. The van der Waals surface area contributed by atoms with E-state index in [4.69, 9.17) is 5.11 Å². The average Bonchev–Trinajstić information content (AvgIpc) is 2.06. The number of pyridine rings is 1. The standard InChI is InChI=1S/C6H5Br2NO4S.K/c7-3-1-2-4(8)9-5(3)6(10)14(11,12)13;/h1-2,6,10H,(H,11,12,13);/q;+1/p-1. The van der Waals surface area contributed by atoms with Crippen LogP contribution in [-0.4, -0.2) is 23.1 Å². The third kappa shape index (κ3) is 4.78. The molecule has 0 aromatic carbocycles. The summed E-state index contributed by atoms with van der Waals surface area (Å²) in [6.45, 7) is 0. The number of rotatable bonds is 2. The topological polar surface area (TPSA) is 90.3 Å². The fraction of sp³-hybridized carbons (Fsp3) is 0.167. The van der Waals surface area contributed by atoms with Crippen LogP contribution in [0, 0.1) is 0 Å². The second-order valence-corrected chi connectivity index (χ2v) is 5.45. The van der Waals surface area contributed by atoms with Crippen molar-refractivity contribution in [1.82, 2.24) is 4.98 Å². The molecule has 1 N–H and O–H groups in total. The first kappa shape index (κ1) is 16.6. The van der Waals surface area contributed by atoms with Gasteiger partial charge in [0.1, 0.15) is 14.7 Å². The van der Waals surface area contributed by atoms with E-state index in [0.717, 1.165) is 0 Å². The van der Waals surface area contributed by atoms with Crippen LogP contribution >= 0.6 is 31.9 Å². The van der Waals surface area contributed by atoms with Gasteiger partial charge in [-0.25, -0.2) is 13.4 Å². The molecule has 1 rings (SSSR count). The Bertz CT molecular complexity index is 452. The molecule has 1 aromatic rings. The molecule has 0 fully saturated rings. The van der Waals surface area contributed by atoms with Crippen LogP contribution in [0.5, 0.6) is 0 Å². The fourth-order valence-corrected chi connectivity index (χ4v) is 2.11. The zero-order valence-corrected chi connectivity index (χ0v) is 14.6. The van der Waals surface area contributed by atoms with E-state index in [1.165, 1.54) is 12.1 Å². The van der Waals surface area contributed by atoms with Crippen LogP contribution < -0.4 is 51.4 Å². The van der Waals surface area contributed by atoms with Crippen molar-refractivity contribution in [3.05, 3.63) is 26.9 Å². The van der Waals surface area contributed by atoms with Gasteiger partial charge >= 0.3 is 51.4 Å². The third-order valence-corrected chi connectivity index (χ3v) is 3.23. The van der Waals surface area contributed by atoms with E-state index in [-0.39, 0.29) is 61.6 Å².